The fourth-order valence-electron chi connectivity index (χ4n) is 1.35. The van der Waals surface area contributed by atoms with Crippen LogP contribution in [0.1, 0.15) is 12.8 Å². The lowest BCUT2D eigenvalue weighted by molar-refractivity contribution is 0.287. The minimum absolute atomic E-state index is 0.0748. The molecule has 1 saturated heterocycles. The predicted octanol–water partition coefficient (Wildman–Crippen LogP) is 0.137. The van der Waals surface area contributed by atoms with E-state index in [0.29, 0.717) is 25.9 Å². The summed E-state index contributed by atoms with van der Waals surface area (Å²) in [4.78, 5) is 0. The minimum Gasteiger partial charge on any atom is -0.396 e. The van der Waals surface area contributed by atoms with Gasteiger partial charge in [-0.3, -0.25) is 0 Å². The Morgan fingerprint density at radius 3 is 2.43 bits per heavy atom. The first-order valence-electron chi connectivity index (χ1n) is 4.83. The second-order valence-electron chi connectivity index (χ2n) is 3.26. The summed E-state index contributed by atoms with van der Waals surface area (Å²) in [6.07, 6.45) is 1.13. The van der Waals surface area contributed by atoms with Gasteiger partial charge >= 0.3 is 0 Å². The molecule has 1 aliphatic rings. The van der Waals surface area contributed by atoms with Crippen LogP contribution in [-0.4, -0.2) is 54.8 Å². The Morgan fingerprint density at radius 1 is 1.21 bits per heavy atom. The van der Waals surface area contributed by atoms with E-state index in [1.807, 2.05) is 0 Å². The molecule has 0 bridgehead atoms. The van der Waals surface area contributed by atoms with Crippen LogP contribution >= 0.6 is 11.8 Å². The van der Waals surface area contributed by atoms with Crippen LogP contribution in [0.25, 0.3) is 0 Å². The summed E-state index contributed by atoms with van der Waals surface area (Å²) in [5.74, 6) is 1.98. The molecule has 1 aliphatic heterocycles. The molecule has 0 aromatic heterocycles. The van der Waals surface area contributed by atoms with Crippen molar-refractivity contribution in [2.75, 3.05) is 37.0 Å². The maximum absolute atomic E-state index is 11.7. The summed E-state index contributed by atoms with van der Waals surface area (Å²) in [5, 5.41) is 8.56. The first-order chi connectivity index (χ1) is 6.67. The van der Waals surface area contributed by atoms with Crippen LogP contribution in [-0.2, 0) is 10.0 Å². The molecular weight excluding hydrogens is 222 g/mol. The smallest absolute Gasteiger partial charge is 0.214 e. The van der Waals surface area contributed by atoms with E-state index >= 15 is 0 Å². The van der Waals surface area contributed by atoms with Gasteiger partial charge in [0.15, 0.2) is 0 Å². The molecule has 4 nitrogen and oxygen atoms in total. The molecule has 0 unspecified atom stereocenters. The quantitative estimate of drug-likeness (QED) is 0.693. The number of unbranched alkanes of at least 4 members (excludes halogenated alkanes) is 1. The molecule has 1 rings (SSSR count). The molecular formula is C8H17NO3S2. The molecule has 1 fully saturated rings. The van der Waals surface area contributed by atoms with Gasteiger partial charge in [0.05, 0.1) is 5.75 Å². The van der Waals surface area contributed by atoms with E-state index in [0.717, 1.165) is 11.5 Å². The third-order valence-electron chi connectivity index (χ3n) is 2.17. The van der Waals surface area contributed by atoms with Crippen molar-refractivity contribution in [2.24, 2.45) is 0 Å². The first kappa shape index (κ1) is 12.3. The van der Waals surface area contributed by atoms with E-state index in [1.165, 1.54) is 0 Å². The SMILES string of the molecule is O=S(=O)(CCCCO)N1CCSCC1. The van der Waals surface area contributed by atoms with Crippen molar-refractivity contribution >= 4 is 21.8 Å². The summed E-state index contributed by atoms with van der Waals surface area (Å²) in [5.41, 5.74) is 0. The number of thioether (sulfide) groups is 1. The van der Waals surface area contributed by atoms with E-state index in [2.05, 4.69) is 0 Å². The van der Waals surface area contributed by atoms with E-state index in [-0.39, 0.29) is 12.4 Å². The van der Waals surface area contributed by atoms with Crippen LogP contribution in [0.3, 0.4) is 0 Å². The highest BCUT2D eigenvalue weighted by Gasteiger charge is 2.23. The molecule has 0 radical (unpaired) electrons. The van der Waals surface area contributed by atoms with E-state index in [4.69, 9.17) is 5.11 Å². The third-order valence-corrected chi connectivity index (χ3v) is 5.07. The summed E-state index contributed by atoms with van der Waals surface area (Å²) in [6, 6.07) is 0. The van der Waals surface area contributed by atoms with Crippen LogP contribution in [0.4, 0.5) is 0 Å². The van der Waals surface area contributed by atoms with Crippen molar-refractivity contribution < 1.29 is 13.5 Å². The largest absolute Gasteiger partial charge is 0.396 e. The van der Waals surface area contributed by atoms with E-state index in [9.17, 15) is 8.42 Å². The van der Waals surface area contributed by atoms with Gasteiger partial charge in [-0.1, -0.05) is 0 Å². The lowest BCUT2D eigenvalue weighted by Crippen LogP contribution is -2.39. The lowest BCUT2D eigenvalue weighted by atomic mass is 10.4. The van der Waals surface area contributed by atoms with Crippen molar-refractivity contribution in [3.05, 3.63) is 0 Å². The number of sulfonamides is 1. The topological polar surface area (TPSA) is 57.6 Å². The zero-order chi connectivity index (χ0) is 10.4. The average molecular weight is 239 g/mol. The van der Waals surface area contributed by atoms with Gasteiger partial charge in [-0.05, 0) is 12.8 Å². The summed E-state index contributed by atoms with van der Waals surface area (Å²) < 4.78 is 25.0. The minimum atomic E-state index is -3.05. The Hall–Kier alpha value is 0.220. The van der Waals surface area contributed by atoms with Crippen LogP contribution in [0.2, 0.25) is 0 Å². The Labute approximate surface area is 89.7 Å². The molecule has 0 spiro atoms. The summed E-state index contributed by atoms with van der Waals surface area (Å²) in [7, 11) is -3.05. The van der Waals surface area contributed by atoms with Gasteiger partial charge in [0.2, 0.25) is 10.0 Å². The average Bonchev–Trinajstić information content (AvgIpc) is 2.19. The van der Waals surface area contributed by atoms with Crippen molar-refractivity contribution in [1.82, 2.24) is 4.31 Å². The van der Waals surface area contributed by atoms with Crippen molar-refractivity contribution in [2.45, 2.75) is 12.8 Å². The normalized spacial score (nSPS) is 19.8. The Bertz CT molecular complexity index is 247. The highest BCUT2D eigenvalue weighted by Crippen LogP contribution is 2.14. The maximum Gasteiger partial charge on any atom is 0.214 e. The molecule has 84 valence electrons. The molecule has 0 aromatic rings. The van der Waals surface area contributed by atoms with Gasteiger partial charge in [0.1, 0.15) is 0 Å². The molecule has 0 atom stereocenters. The second-order valence-corrected chi connectivity index (χ2v) is 6.57. The van der Waals surface area contributed by atoms with Gasteiger partial charge in [0, 0.05) is 31.2 Å². The summed E-state index contributed by atoms with van der Waals surface area (Å²) >= 11 is 1.80. The third kappa shape index (κ3) is 3.76. The van der Waals surface area contributed by atoms with Gasteiger partial charge in [-0.15, -0.1) is 0 Å². The lowest BCUT2D eigenvalue weighted by Gasteiger charge is -2.25. The molecule has 14 heavy (non-hydrogen) atoms. The Balaban J connectivity index is 2.38. The van der Waals surface area contributed by atoms with Gasteiger partial charge in [-0.25, -0.2) is 12.7 Å². The molecule has 1 heterocycles. The number of hydrogen-bond acceptors (Lipinski definition) is 4. The van der Waals surface area contributed by atoms with E-state index < -0.39 is 10.0 Å². The highest BCUT2D eigenvalue weighted by molar-refractivity contribution is 7.99. The van der Waals surface area contributed by atoms with Crippen LogP contribution in [0, 0.1) is 0 Å². The predicted molar refractivity (Wildman–Crippen MR) is 59.0 cm³/mol. The van der Waals surface area contributed by atoms with Gasteiger partial charge in [-0.2, -0.15) is 11.8 Å². The molecule has 1 N–H and O–H groups in total. The van der Waals surface area contributed by atoms with Crippen molar-refractivity contribution in [3.8, 4) is 0 Å². The zero-order valence-electron chi connectivity index (χ0n) is 8.18. The highest BCUT2D eigenvalue weighted by atomic mass is 32.2. The Kier molecular flexibility index (Phi) is 5.22. The van der Waals surface area contributed by atoms with Crippen molar-refractivity contribution in [3.63, 3.8) is 0 Å². The number of hydrogen-bond donors (Lipinski definition) is 1. The fraction of sp³-hybridized carbons (Fsp3) is 1.00. The number of nitrogens with zero attached hydrogens (tertiary/aromatic N) is 1. The van der Waals surface area contributed by atoms with Crippen LogP contribution < -0.4 is 0 Å². The fourth-order valence-corrected chi connectivity index (χ4v) is 4.05. The number of aliphatic hydroxyl groups excluding tert-OH is 1. The van der Waals surface area contributed by atoms with E-state index in [1.54, 1.807) is 16.1 Å². The zero-order valence-corrected chi connectivity index (χ0v) is 9.82. The van der Waals surface area contributed by atoms with Gasteiger partial charge in [0.25, 0.3) is 0 Å². The molecule has 0 saturated carbocycles. The molecule has 0 aliphatic carbocycles. The summed E-state index contributed by atoms with van der Waals surface area (Å²) in [6.45, 7) is 1.36. The Morgan fingerprint density at radius 2 is 1.86 bits per heavy atom. The van der Waals surface area contributed by atoms with Crippen molar-refractivity contribution in [1.29, 1.82) is 0 Å². The number of rotatable bonds is 5. The van der Waals surface area contributed by atoms with Crippen LogP contribution in [0.5, 0.6) is 0 Å². The van der Waals surface area contributed by atoms with Gasteiger partial charge < -0.3 is 5.11 Å². The maximum atomic E-state index is 11.7. The molecule has 0 amide bonds. The monoisotopic (exact) mass is 239 g/mol. The first-order valence-corrected chi connectivity index (χ1v) is 7.59. The van der Waals surface area contributed by atoms with Crippen LogP contribution in [0.15, 0.2) is 0 Å². The molecule has 6 heteroatoms. The second kappa shape index (κ2) is 5.95. The standard InChI is InChI=1S/C8H17NO3S2/c10-5-1-2-8-14(11,12)9-3-6-13-7-4-9/h10H,1-8H2. The number of aliphatic hydroxyl groups is 1. The molecule has 0 aromatic carbocycles.